The van der Waals surface area contributed by atoms with E-state index < -0.39 is 50.7 Å². The molecule has 1 N–H and O–H groups in total. The number of fused-ring (bicyclic) bond motifs is 2. The fraction of sp³-hybridized carbons (Fsp3) is 0.250. The maximum absolute atomic E-state index is 14.3. The number of aryl methyl sites for hydroxylation is 1. The van der Waals surface area contributed by atoms with Gasteiger partial charge in [0.05, 0.1) is 46.0 Å². The van der Waals surface area contributed by atoms with Crippen molar-refractivity contribution in [2.45, 2.75) is 43.4 Å². The highest BCUT2D eigenvalue weighted by Gasteiger charge is 2.34. The molecule has 0 aliphatic carbocycles. The Kier molecular flexibility index (Phi) is 11.6. The highest BCUT2D eigenvalue weighted by atomic mass is 35.5. The fourth-order valence-electron chi connectivity index (χ4n) is 7.05. The molecule has 1 fully saturated rings. The summed E-state index contributed by atoms with van der Waals surface area (Å²) in [5.74, 6) is 3.12. The van der Waals surface area contributed by atoms with Gasteiger partial charge in [0.1, 0.15) is 39.8 Å². The largest absolute Gasteiger partial charge is 0.401 e. The predicted octanol–water partition coefficient (Wildman–Crippen LogP) is 6.81. The topological polar surface area (TPSA) is 154 Å². The molecule has 12 nitrogen and oxygen atoms in total. The van der Waals surface area contributed by atoms with E-state index in [1.54, 1.807) is 43.1 Å². The average Bonchev–Trinajstić information content (AvgIpc) is 3.63. The van der Waals surface area contributed by atoms with Gasteiger partial charge in [-0.3, -0.25) is 24.0 Å². The van der Waals surface area contributed by atoms with Gasteiger partial charge in [0.25, 0.3) is 21.5 Å². The Balaban J connectivity index is 1.17. The third kappa shape index (κ3) is 8.52. The summed E-state index contributed by atoms with van der Waals surface area (Å²) in [6.07, 6.45) is -0.714. The Morgan fingerprint density at radius 3 is 2.55 bits per heavy atom. The lowest BCUT2D eigenvalue weighted by Gasteiger charge is -2.37. The van der Waals surface area contributed by atoms with Gasteiger partial charge in [-0.05, 0) is 56.2 Å². The second-order valence-electron chi connectivity index (χ2n) is 13.8. The molecule has 20 heteroatoms. The molecule has 0 bridgehead atoms. The van der Waals surface area contributed by atoms with Crippen molar-refractivity contribution in [1.29, 1.82) is 5.26 Å². The number of rotatable bonds is 8. The zero-order valence-electron chi connectivity index (χ0n) is 31.4. The molecule has 5 heterocycles. The number of hydrogen-bond donors (Lipinski definition) is 1. The Bertz CT molecular complexity index is 2990. The van der Waals surface area contributed by atoms with E-state index >= 15 is 0 Å². The lowest BCUT2D eigenvalue weighted by molar-refractivity contribution is -0.147. The summed E-state index contributed by atoms with van der Waals surface area (Å²) >= 11 is 7.50. The number of nitriles is 1. The number of piperidine rings is 1. The van der Waals surface area contributed by atoms with Crippen LogP contribution in [0, 0.1) is 41.7 Å². The number of halogens is 6. The second-order valence-corrected chi connectivity index (χ2v) is 16.8. The summed E-state index contributed by atoms with van der Waals surface area (Å²) < 4.78 is 95.8. The van der Waals surface area contributed by atoms with E-state index in [1.807, 2.05) is 4.72 Å². The van der Waals surface area contributed by atoms with Crippen LogP contribution in [0.5, 0.6) is 0 Å². The number of nitrogens with zero attached hydrogens (tertiary/aromatic N) is 7. The highest BCUT2D eigenvalue weighted by molar-refractivity contribution is 7.90. The van der Waals surface area contributed by atoms with Crippen LogP contribution in [0.25, 0.3) is 32.2 Å². The van der Waals surface area contributed by atoms with Crippen molar-refractivity contribution in [2.75, 3.05) is 31.6 Å². The molecule has 4 aromatic heterocycles. The molecule has 1 amide bonds. The van der Waals surface area contributed by atoms with Crippen LogP contribution in [-0.2, 0) is 16.6 Å². The molecule has 6 aromatic rings. The molecule has 0 radical (unpaired) electrons. The van der Waals surface area contributed by atoms with Crippen molar-refractivity contribution in [3.05, 3.63) is 110 Å². The van der Waals surface area contributed by atoms with Gasteiger partial charge in [-0.2, -0.15) is 18.4 Å². The first-order valence-electron chi connectivity index (χ1n) is 17.9. The minimum absolute atomic E-state index is 0.0159. The number of thiophene rings is 1. The van der Waals surface area contributed by atoms with Crippen molar-refractivity contribution in [2.24, 2.45) is 0 Å². The first-order chi connectivity index (χ1) is 28.5. The number of pyridine rings is 2. The number of benzene rings is 2. The van der Waals surface area contributed by atoms with Crippen LogP contribution in [0.4, 0.5) is 27.8 Å². The van der Waals surface area contributed by atoms with Gasteiger partial charge < -0.3 is 4.90 Å². The zero-order chi connectivity index (χ0) is 43.1. The molecule has 2 aromatic carbocycles. The summed E-state index contributed by atoms with van der Waals surface area (Å²) in [6, 6.07) is 10.3. The maximum atomic E-state index is 14.3. The molecule has 1 saturated heterocycles. The molecular formula is C40H30ClF5N8O4S2. The number of amides is 1. The monoisotopic (exact) mass is 880 g/mol. The summed E-state index contributed by atoms with van der Waals surface area (Å²) in [4.78, 5) is 42.7. The van der Waals surface area contributed by atoms with Crippen LogP contribution in [0.3, 0.4) is 0 Å². The summed E-state index contributed by atoms with van der Waals surface area (Å²) in [7, 11) is -3.04. The molecule has 7 rings (SSSR count). The average molecular weight is 881 g/mol. The van der Waals surface area contributed by atoms with Crippen molar-refractivity contribution in [3.63, 3.8) is 0 Å². The molecule has 0 unspecified atom stereocenters. The van der Waals surface area contributed by atoms with Gasteiger partial charge in [-0.15, -0.1) is 11.3 Å². The van der Waals surface area contributed by atoms with Crippen molar-refractivity contribution in [1.82, 2.24) is 29.1 Å². The summed E-state index contributed by atoms with van der Waals surface area (Å²) in [5.41, 5.74) is 1.18. The molecular weight excluding hydrogens is 851 g/mol. The highest BCUT2D eigenvalue weighted by Crippen LogP contribution is 2.37. The molecule has 0 saturated carbocycles. The number of anilines is 1. The van der Waals surface area contributed by atoms with Crippen LogP contribution in [-0.4, -0.2) is 77.6 Å². The Morgan fingerprint density at radius 2 is 1.85 bits per heavy atom. The normalized spacial score (nSPS) is 13.8. The lowest BCUT2D eigenvalue weighted by Crippen LogP contribution is -2.46. The number of nitrogens with one attached hydrogen (secondary N) is 1. The predicted molar refractivity (Wildman–Crippen MR) is 215 cm³/mol. The summed E-state index contributed by atoms with van der Waals surface area (Å²) in [6.45, 7) is 0.873. The smallest absolute Gasteiger partial charge is 0.355 e. The minimum Gasteiger partial charge on any atom is -0.355 e. The van der Waals surface area contributed by atoms with Crippen LogP contribution in [0.15, 0.2) is 69.9 Å². The van der Waals surface area contributed by atoms with Gasteiger partial charge >= 0.3 is 6.18 Å². The van der Waals surface area contributed by atoms with E-state index in [9.17, 15) is 45.2 Å². The van der Waals surface area contributed by atoms with Gasteiger partial charge in [-0.1, -0.05) is 23.4 Å². The van der Waals surface area contributed by atoms with E-state index in [2.05, 4.69) is 32.9 Å². The SMILES string of the molecule is Cc1nc2cnc(N(C)C3CCN(CC(F)(F)F)CC3)c(C#N)c2c(=O)n1CC#Cc1ccc(Cl)cc1-c1ccnc2c(C(=O)NS(=O)(=O)c3ccc(F)cc3F)csc12. The second kappa shape index (κ2) is 16.6. The number of sulfonamides is 1. The van der Waals surface area contributed by atoms with Crippen molar-refractivity contribution in [3.8, 4) is 29.0 Å². The molecule has 60 heavy (non-hydrogen) atoms. The molecule has 1 aliphatic rings. The number of alkyl halides is 3. The van der Waals surface area contributed by atoms with Crippen LogP contribution < -0.4 is 15.2 Å². The van der Waals surface area contributed by atoms with Gasteiger partial charge in [0.2, 0.25) is 0 Å². The van der Waals surface area contributed by atoms with E-state index in [-0.39, 0.29) is 59.0 Å². The Morgan fingerprint density at radius 1 is 1.10 bits per heavy atom. The molecule has 0 atom stereocenters. The summed E-state index contributed by atoms with van der Waals surface area (Å²) in [5, 5.41) is 12.0. The quantitative estimate of drug-likeness (QED) is 0.127. The minimum atomic E-state index is -4.73. The van der Waals surface area contributed by atoms with Crippen molar-refractivity contribution < 1.29 is 35.2 Å². The number of carbonyl (C=O) groups excluding carboxylic acids is 1. The third-order valence-corrected chi connectivity index (χ3v) is 12.6. The van der Waals surface area contributed by atoms with E-state index in [0.717, 1.165) is 17.4 Å². The first kappa shape index (κ1) is 42.1. The lowest BCUT2D eigenvalue weighted by atomic mass is 10.00. The van der Waals surface area contributed by atoms with Gasteiger partial charge in [0.15, 0.2) is 0 Å². The number of likely N-dealkylation sites (tertiary alicyclic amines) is 1. The standard InChI is InChI=1S/C40H30ClF5N8O4S2/c1-22-50-32-19-49-37(52(2)26-10-14-53(15-11-26)21-40(44,45)46)29(18-47)34(32)39(56)54(22)13-3-4-23-5-6-24(41)16-28(23)27-9-12-48-35-30(20-59-36(27)35)38(55)51-60(57,58)33-8-7-25(42)17-31(33)43/h5-9,12,16-17,19-20,26H,10-11,13-15,21H2,1-2H3,(H,51,55). The third-order valence-electron chi connectivity index (χ3n) is 9.97. The number of hydrogen-bond acceptors (Lipinski definition) is 11. The van der Waals surface area contributed by atoms with Gasteiger partial charge in [-0.25, -0.2) is 31.9 Å². The van der Waals surface area contributed by atoms with E-state index in [4.69, 9.17) is 11.6 Å². The Labute approximate surface area is 347 Å². The first-order valence-corrected chi connectivity index (χ1v) is 20.7. The Hall–Kier alpha value is -5.99. The van der Waals surface area contributed by atoms with E-state index in [0.29, 0.717) is 57.2 Å². The van der Waals surface area contributed by atoms with Crippen molar-refractivity contribution >= 4 is 65.8 Å². The molecule has 1 aliphatic heterocycles. The van der Waals surface area contributed by atoms with E-state index in [1.165, 1.54) is 27.2 Å². The van der Waals surface area contributed by atoms with Gasteiger partial charge in [0, 0.05) is 65.5 Å². The molecule has 0 spiro atoms. The zero-order valence-corrected chi connectivity index (χ0v) is 33.8. The fourth-order valence-corrected chi connectivity index (χ4v) is 9.29. The van der Waals surface area contributed by atoms with Crippen LogP contribution >= 0.6 is 22.9 Å². The maximum Gasteiger partial charge on any atom is 0.401 e. The number of carbonyl (C=O) groups is 1. The van der Waals surface area contributed by atoms with Crippen LogP contribution in [0.1, 0.15) is 40.2 Å². The number of aromatic nitrogens is 4. The van der Waals surface area contributed by atoms with Crippen LogP contribution in [0.2, 0.25) is 5.02 Å². The molecule has 308 valence electrons.